The number of aliphatic carboxylic acids is 1. The van der Waals surface area contributed by atoms with E-state index >= 15 is 0 Å². The van der Waals surface area contributed by atoms with Crippen molar-refractivity contribution in [2.45, 2.75) is 25.1 Å². The van der Waals surface area contributed by atoms with Gasteiger partial charge in [-0.1, -0.05) is 11.6 Å². The van der Waals surface area contributed by atoms with Crippen molar-refractivity contribution in [3.8, 4) is 0 Å². The molecule has 2 heterocycles. The fourth-order valence-corrected chi connectivity index (χ4v) is 2.15. The van der Waals surface area contributed by atoms with E-state index in [1.165, 1.54) is 4.90 Å². The normalized spacial score (nSPS) is 19.8. The molecule has 19 heavy (non-hydrogen) atoms. The first kappa shape index (κ1) is 13.9. The van der Waals surface area contributed by atoms with Crippen LogP contribution in [0.1, 0.15) is 18.7 Å². The molecule has 0 radical (unpaired) electrons. The van der Waals surface area contributed by atoms with Crippen LogP contribution in [0.5, 0.6) is 0 Å². The first-order valence-electron chi connectivity index (χ1n) is 5.40. The summed E-state index contributed by atoms with van der Waals surface area (Å²) in [5.74, 6) is -2.58. The molecule has 0 bridgehead atoms. The third-order valence-corrected chi connectivity index (χ3v) is 2.96. The lowest BCUT2D eigenvalue weighted by atomic mass is 10.2. The highest BCUT2D eigenvalue weighted by atomic mass is 35.5. The molecule has 1 aliphatic rings. The molecule has 1 fully saturated rings. The molecule has 2 rings (SSSR count). The van der Waals surface area contributed by atoms with E-state index in [-0.39, 0.29) is 11.0 Å². The van der Waals surface area contributed by atoms with Crippen molar-refractivity contribution < 1.29 is 23.1 Å². The van der Waals surface area contributed by atoms with Crippen LogP contribution in [0.15, 0.2) is 6.07 Å². The van der Waals surface area contributed by atoms with Crippen LogP contribution in [0.25, 0.3) is 0 Å². The van der Waals surface area contributed by atoms with Gasteiger partial charge < -0.3 is 10.0 Å². The number of carbonyl (C=O) groups is 1. The molecule has 1 aromatic rings. The van der Waals surface area contributed by atoms with Gasteiger partial charge in [-0.15, -0.1) is 0 Å². The number of hydrogen-bond donors (Lipinski definition) is 1. The molecule has 0 aliphatic carbocycles. The summed E-state index contributed by atoms with van der Waals surface area (Å²) in [5, 5.41) is 8.64. The van der Waals surface area contributed by atoms with Crippen molar-refractivity contribution >= 4 is 23.4 Å². The Balaban J connectivity index is 2.40. The number of alkyl halides is 3. The minimum Gasteiger partial charge on any atom is -0.480 e. The summed E-state index contributed by atoms with van der Waals surface area (Å²) in [5.41, 5.74) is 0. The van der Waals surface area contributed by atoms with Crippen LogP contribution < -0.4 is 4.90 Å². The number of halogens is 4. The minimum absolute atomic E-state index is 0.114. The van der Waals surface area contributed by atoms with Gasteiger partial charge in [0.15, 0.2) is 0 Å². The average molecular weight is 296 g/mol. The van der Waals surface area contributed by atoms with Crippen LogP contribution in [0.2, 0.25) is 5.15 Å². The third kappa shape index (κ3) is 2.89. The highest BCUT2D eigenvalue weighted by molar-refractivity contribution is 6.29. The van der Waals surface area contributed by atoms with Gasteiger partial charge in [0.2, 0.25) is 5.82 Å². The van der Waals surface area contributed by atoms with Crippen LogP contribution in [0, 0.1) is 0 Å². The molecular weight excluding hydrogens is 287 g/mol. The third-order valence-electron chi connectivity index (χ3n) is 2.77. The van der Waals surface area contributed by atoms with Gasteiger partial charge in [-0.05, 0) is 12.8 Å². The van der Waals surface area contributed by atoms with Crippen molar-refractivity contribution in [1.29, 1.82) is 0 Å². The molecule has 1 saturated heterocycles. The number of anilines is 1. The van der Waals surface area contributed by atoms with Crippen molar-refractivity contribution in [3.63, 3.8) is 0 Å². The second kappa shape index (κ2) is 4.84. The molecule has 0 unspecified atom stereocenters. The minimum atomic E-state index is -4.72. The lowest BCUT2D eigenvalue weighted by Crippen LogP contribution is -2.36. The van der Waals surface area contributed by atoms with E-state index in [4.69, 9.17) is 16.7 Å². The van der Waals surface area contributed by atoms with E-state index in [0.29, 0.717) is 19.4 Å². The predicted molar refractivity (Wildman–Crippen MR) is 60.0 cm³/mol. The van der Waals surface area contributed by atoms with Crippen molar-refractivity contribution in [2.75, 3.05) is 11.4 Å². The fraction of sp³-hybridized carbons (Fsp3) is 0.500. The largest absolute Gasteiger partial charge is 0.480 e. The van der Waals surface area contributed by atoms with Gasteiger partial charge in [0.25, 0.3) is 0 Å². The van der Waals surface area contributed by atoms with Crippen molar-refractivity contribution in [1.82, 2.24) is 9.97 Å². The average Bonchev–Trinajstić information content (AvgIpc) is 2.75. The van der Waals surface area contributed by atoms with Crippen LogP contribution in [0.4, 0.5) is 19.0 Å². The maximum atomic E-state index is 12.6. The molecule has 0 amide bonds. The standard InChI is InChI=1S/C10H9ClF3N3O2/c11-6-4-7(16-9(15-6)10(12,13)14)17-3-1-2-5(17)8(18)19/h4-5H,1-3H2,(H,18,19)/t5-/m0/s1. The summed E-state index contributed by atoms with van der Waals surface area (Å²) >= 11 is 5.54. The fourth-order valence-electron chi connectivity index (χ4n) is 1.98. The first-order valence-corrected chi connectivity index (χ1v) is 5.78. The van der Waals surface area contributed by atoms with Gasteiger partial charge >= 0.3 is 12.1 Å². The molecule has 1 aromatic heterocycles. The molecule has 1 N–H and O–H groups in total. The predicted octanol–water partition coefficient (Wildman–Crippen LogP) is 2.20. The summed E-state index contributed by atoms with van der Waals surface area (Å²) in [4.78, 5) is 18.8. The van der Waals surface area contributed by atoms with Gasteiger partial charge in [-0.25, -0.2) is 14.8 Å². The molecule has 1 atom stereocenters. The van der Waals surface area contributed by atoms with Crippen molar-refractivity contribution in [2.24, 2.45) is 0 Å². The zero-order valence-electron chi connectivity index (χ0n) is 9.48. The van der Waals surface area contributed by atoms with Gasteiger partial charge in [-0.3, -0.25) is 0 Å². The van der Waals surface area contributed by atoms with E-state index in [9.17, 15) is 18.0 Å². The maximum Gasteiger partial charge on any atom is 0.451 e. The summed E-state index contributed by atoms with van der Waals surface area (Å²) in [7, 11) is 0. The Kier molecular flexibility index (Phi) is 3.53. The summed E-state index contributed by atoms with van der Waals surface area (Å²) in [6, 6.07) is 0.255. The zero-order chi connectivity index (χ0) is 14.2. The van der Waals surface area contributed by atoms with E-state index in [1.807, 2.05) is 0 Å². The van der Waals surface area contributed by atoms with E-state index < -0.39 is 24.0 Å². The number of hydrogen-bond acceptors (Lipinski definition) is 4. The summed E-state index contributed by atoms with van der Waals surface area (Å²) in [6.45, 7) is 0.321. The zero-order valence-corrected chi connectivity index (χ0v) is 10.2. The number of rotatable bonds is 2. The molecule has 104 valence electrons. The first-order chi connectivity index (χ1) is 8.79. The van der Waals surface area contributed by atoms with Gasteiger partial charge in [-0.2, -0.15) is 13.2 Å². The molecular formula is C10H9ClF3N3O2. The number of carboxylic acids is 1. The van der Waals surface area contributed by atoms with Crippen molar-refractivity contribution in [3.05, 3.63) is 17.0 Å². The number of carboxylic acid groups (broad SMARTS) is 1. The van der Waals surface area contributed by atoms with Crippen LogP contribution >= 0.6 is 11.6 Å². The van der Waals surface area contributed by atoms with Crippen LogP contribution in [0.3, 0.4) is 0 Å². The quantitative estimate of drug-likeness (QED) is 0.847. The Morgan fingerprint density at radius 2 is 2.16 bits per heavy atom. The summed E-state index contributed by atoms with van der Waals surface area (Å²) < 4.78 is 37.7. The molecule has 5 nitrogen and oxygen atoms in total. The topological polar surface area (TPSA) is 66.3 Å². The van der Waals surface area contributed by atoms with E-state index in [0.717, 1.165) is 6.07 Å². The molecule has 1 aliphatic heterocycles. The molecule has 0 spiro atoms. The van der Waals surface area contributed by atoms with E-state index in [1.54, 1.807) is 0 Å². The Labute approximate surface area is 111 Å². The van der Waals surface area contributed by atoms with Gasteiger partial charge in [0.1, 0.15) is 17.0 Å². The SMILES string of the molecule is O=C(O)[C@@H]1CCCN1c1cc(Cl)nc(C(F)(F)F)n1. The molecule has 9 heteroatoms. The van der Waals surface area contributed by atoms with Gasteiger partial charge in [0, 0.05) is 12.6 Å². The lowest BCUT2D eigenvalue weighted by Gasteiger charge is -2.23. The smallest absolute Gasteiger partial charge is 0.451 e. The summed E-state index contributed by atoms with van der Waals surface area (Å²) in [6.07, 6.45) is -3.80. The number of nitrogens with zero attached hydrogens (tertiary/aromatic N) is 3. The van der Waals surface area contributed by atoms with Crippen LogP contribution in [-0.4, -0.2) is 33.6 Å². The Morgan fingerprint density at radius 1 is 1.47 bits per heavy atom. The van der Waals surface area contributed by atoms with Gasteiger partial charge in [0.05, 0.1) is 0 Å². The second-order valence-corrected chi connectivity index (χ2v) is 4.45. The Bertz CT molecular complexity index is 509. The molecule has 0 saturated carbocycles. The Hall–Kier alpha value is -1.57. The second-order valence-electron chi connectivity index (χ2n) is 4.06. The Morgan fingerprint density at radius 3 is 2.74 bits per heavy atom. The highest BCUT2D eigenvalue weighted by Crippen LogP contribution is 2.31. The number of aromatic nitrogens is 2. The van der Waals surface area contributed by atoms with E-state index in [2.05, 4.69) is 9.97 Å². The monoisotopic (exact) mass is 295 g/mol. The molecule has 0 aromatic carbocycles. The maximum absolute atomic E-state index is 12.6. The highest BCUT2D eigenvalue weighted by Gasteiger charge is 2.37. The van der Waals surface area contributed by atoms with Crippen LogP contribution in [-0.2, 0) is 11.0 Å². The lowest BCUT2D eigenvalue weighted by molar-refractivity contribution is -0.144.